The van der Waals surface area contributed by atoms with Crippen molar-refractivity contribution in [2.45, 2.75) is 20.8 Å². The van der Waals surface area contributed by atoms with Crippen LogP contribution in [-0.2, 0) is 4.74 Å². The number of carbonyl (C=O) groups is 1. The van der Waals surface area contributed by atoms with Crippen molar-refractivity contribution in [1.82, 2.24) is 9.97 Å². The monoisotopic (exact) mass is 362 g/mol. The fourth-order valence-electron chi connectivity index (χ4n) is 2.65. The van der Waals surface area contributed by atoms with Gasteiger partial charge in [0.05, 0.1) is 12.7 Å². The lowest BCUT2D eigenvalue weighted by Gasteiger charge is -2.12. The number of anilines is 4. The molecule has 0 aliphatic carbocycles. The highest BCUT2D eigenvalue weighted by atomic mass is 16.5. The number of esters is 1. The van der Waals surface area contributed by atoms with Crippen molar-refractivity contribution in [1.29, 1.82) is 0 Å². The van der Waals surface area contributed by atoms with E-state index in [4.69, 9.17) is 4.74 Å². The summed E-state index contributed by atoms with van der Waals surface area (Å²) in [5.74, 6) is 0.831. The molecule has 1 aromatic heterocycles. The Morgan fingerprint density at radius 3 is 2.41 bits per heavy atom. The van der Waals surface area contributed by atoms with Gasteiger partial charge in [0.25, 0.3) is 0 Å². The summed E-state index contributed by atoms with van der Waals surface area (Å²) in [4.78, 5) is 20.5. The summed E-state index contributed by atoms with van der Waals surface area (Å²) in [5, 5.41) is 6.53. The number of carbonyl (C=O) groups excluding carboxylic acids is 1. The molecule has 0 atom stereocenters. The average Bonchev–Trinajstić information content (AvgIpc) is 2.65. The normalized spacial score (nSPS) is 10.4. The van der Waals surface area contributed by atoms with Crippen molar-refractivity contribution in [2.75, 3.05) is 17.7 Å². The number of nitrogens with zero attached hydrogens (tertiary/aromatic N) is 2. The Hall–Kier alpha value is -3.41. The van der Waals surface area contributed by atoms with Gasteiger partial charge in [0.15, 0.2) is 0 Å². The first-order valence-corrected chi connectivity index (χ1v) is 8.60. The fourth-order valence-corrected chi connectivity index (χ4v) is 2.65. The van der Waals surface area contributed by atoms with Crippen molar-refractivity contribution in [3.8, 4) is 0 Å². The lowest BCUT2D eigenvalue weighted by Crippen LogP contribution is -2.04. The molecule has 6 nitrogen and oxygen atoms in total. The van der Waals surface area contributed by atoms with Crippen LogP contribution in [0.25, 0.3) is 0 Å². The van der Waals surface area contributed by atoms with E-state index >= 15 is 0 Å². The summed E-state index contributed by atoms with van der Waals surface area (Å²) in [6.07, 6.45) is 0. The molecule has 3 rings (SSSR count). The van der Waals surface area contributed by atoms with E-state index in [0.29, 0.717) is 17.3 Å². The fraction of sp³-hybridized carbons (Fsp3) is 0.190. The van der Waals surface area contributed by atoms with Crippen molar-refractivity contribution < 1.29 is 9.53 Å². The standard InChI is InChI=1S/C21H22N4O2/c1-13-6-5-7-18(15(13)3)24-21-22-14(2)12-19(25-21)23-17-10-8-16(9-11-17)20(26)27-4/h5-12H,1-4H3,(H2,22,23,24,25). The van der Waals surface area contributed by atoms with Crippen LogP contribution in [0.1, 0.15) is 27.2 Å². The van der Waals surface area contributed by atoms with Crippen molar-refractivity contribution in [3.63, 3.8) is 0 Å². The molecule has 3 aromatic rings. The Balaban J connectivity index is 1.81. The lowest BCUT2D eigenvalue weighted by molar-refractivity contribution is 0.0601. The third-order valence-corrected chi connectivity index (χ3v) is 4.28. The number of ether oxygens (including phenoxy) is 1. The van der Waals surface area contributed by atoms with E-state index in [1.807, 2.05) is 37.3 Å². The molecule has 0 aliphatic heterocycles. The molecule has 0 amide bonds. The zero-order valence-corrected chi connectivity index (χ0v) is 15.8. The van der Waals surface area contributed by atoms with E-state index in [9.17, 15) is 4.79 Å². The van der Waals surface area contributed by atoms with Crippen LogP contribution < -0.4 is 10.6 Å². The molecule has 138 valence electrons. The summed E-state index contributed by atoms with van der Waals surface area (Å²) >= 11 is 0. The zero-order chi connectivity index (χ0) is 19.4. The van der Waals surface area contributed by atoms with Gasteiger partial charge in [-0.3, -0.25) is 0 Å². The van der Waals surface area contributed by atoms with Gasteiger partial charge in [0.1, 0.15) is 5.82 Å². The highest BCUT2D eigenvalue weighted by Crippen LogP contribution is 2.23. The molecule has 27 heavy (non-hydrogen) atoms. The Labute approximate surface area is 158 Å². The summed E-state index contributed by atoms with van der Waals surface area (Å²) < 4.78 is 4.71. The van der Waals surface area contributed by atoms with Crippen LogP contribution in [-0.4, -0.2) is 23.0 Å². The second kappa shape index (κ2) is 7.86. The van der Waals surface area contributed by atoms with Gasteiger partial charge in [-0.05, 0) is 62.2 Å². The van der Waals surface area contributed by atoms with Gasteiger partial charge in [-0.1, -0.05) is 12.1 Å². The van der Waals surface area contributed by atoms with Crippen LogP contribution in [0.4, 0.5) is 23.1 Å². The van der Waals surface area contributed by atoms with Crippen molar-refractivity contribution in [2.24, 2.45) is 0 Å². The summed E-state index contributed by atoms with van der Waals surface area (Å²) in [5.41, 5.74) is 5.50. The van der Waals surface area contributed by atoms with Crippen LogP contribution in [0.2, 0.25) is 0 Å². The second-order valence-corrected chi connectivity index (χ2v) is 6.28. The first-order chi connectivity index (χ1) is 13.0. The minimum Gasteiger partial charge on any atom is -0.465 e. The van der Waals surface area contributed by atoms with E-state index < -0.39 is 0 Å². The minimum atomic E-state index is -0.362. The molecule has 0 saturated heterocycles. The van der Waals surface area contributed by atoms with Crippen molar-refractivity contribution in [3.05, 3.63) is 70.9 Å². The number of hydrogen-bond donors (Lipinski definition) is 2. The summed E-state index contributed by atoms with van der Waals surface area (Å²) in [6, 6.07) is 15.0. The van der Waals surface area contributed by atoms with Gasteiger partial charge in [-0.15, -0.1) is 0 Å². The maximum atomic E-state index is 11.5. The highest BCUT2D eigenvalue weighted by molar-refractivity contribution is 5.89. The lowest BCUT2D eigenvalue weighted by atomic mass is 10.1. The maximum Gasteiger partial charge on any atom is 0.337 e. The molecule has 0 radical (unpaired) electrons. The topological polar surface area (TPSA) is 76.1 Å². The van der Waals surface area contributed by atoms with Crippen LogP contribution >= 0.6 is 0 Å². The molecule has 1 heterocycles. The number of aryl methyl sites for hydroxylation is 2. The second-order valence-electron chi connectivity index (χ2n) is 6.28. The number of rotatable bonds is 5. The molecule has 6 heteroatoms. The summed E-state index contributed by atoms with van der Waals surface area (Å²) in [6.45, 7) is 6.06. The first-order valence-electron chi connectivity index (χ1n) is 8.60. The molecule has 0 fully saturated rings. The molecular weight excluding hydrogens is 340 g/mol. The van der Waals surface area contributed by atoms with Gasteiger partial charge >= 0.3 is 5.97 Å². The Kier molecular flexibility index (Phi) is 5.35. The van der Waals surface area contributed by atoms with E-state index in [-0.39, 0.29) is 5.97 Å². The number of benzene rings is 2. The van der Waals surface area contributed by atoms with E-state index in [1.54, 1.807) is 12.1 Å². The van der Waals surface area contributed by atoms with Crippen LogP contribution in [0.5, 0.6) is 0 Å². The number of hydrogen-bond acceptors (Lipinski definition) is 6. The molecule has 0 spiro atoms. The van der Waals surface area contributed by atoms with Gasteiger partial charge in [0.2, 0.25) is 5.95 Å². The van der Waals surface area contributed by atoms with E-state index in [0.717, 1.165) is 22.6 Å². The third kappa shape index (κ3) is 4.41. The number of methoxy groups -OCH3 is 1. The molecule has 0 aliphatic rings. The van der Waals surface area contributed by atoms with Gasteiger partial charge in [-0.2, -0.15) is 4.98 Å². The number of aromatic nitrogens is 2. The zero-order valence-electron chi connectivity index (χ0n) is 15.8. The SMILES string of the molecule is COC(=O)c1ccc(Nc2cc(C)nc(Nc3cccc(C)c3C)n2)cc1. The molecule has 0 unspecified atom stereocenters. The van der Waals surface area contributed by atoms with E-state index in [1.165, 1.54) is 12.7 Å². The van der Waals surface area contributed by atoms with Gasteiger partial charge < -0.3 is 15.4 Å². The highest BCUT2D eigenvalue weighted by Gasteiger charge is 2.08. The van der Waals surface area contributed by atoms with Gasteiger partial charge in [-0.25, -0.2) is 9.78 Å². The van der Waals surface area contributed by atoms with Crippen LogP contribution in [0, 0.1) is 20.8 Å². The summed E-state index contributed by atoms with van der Waals surface area (Å²) in [7, 11) is 1.36. The molecule has 2 N–H and O–H groups in total. The Morgan fingerprint density at radius 2 is 1.70 bits per heavy atom. The van der Waals surface area contributed by atoms with Crippen LogP contribution in [0.3, 0.4) is 0 Å². The first kappa shape index (κ1) is 18.4. The molecule has 2 aromatic carbocycles. The predicted octanol–water partition coefficient (Wildman–Crippen LogP) is 4.68. The van der Waals surface area contributed by atoms with Crippen molar-refractivity contribution >= 4 is 29.1 Å². The Morgan fingerprint density at radius 1 is 0.963 bits per heavy atom. The molecule has 0 bridgehead atoms. The Bertz CT molecular complexity index is 968. The predicted molar refractivity (Wildman–Crippen MR) is 107 cm³/mol. The van der Waals surface area contributed by atoms with Crippen LogP contribution in [0.15, 0.2) is 48.5 Å². The molecular formula is C21H22N4O2. The smallest absolute Gasteiger partial charge is 0.337 e. The largest absolute Gasteiger partial charge is 0.465 e. The van der Waals surface area contributed by atoms with E-state index in [2.05, 4.69) is 40.5 Å². The quantitative estimate of drug-likeness (QED) is 0.642. The average molecular weight is 362 g/mol. The maximum absolute atomic E-state index is 11.5. The third-order valence-electron chi connectivity index (χ3n) is 4.28. The number of nitrogens with one attached hydrogen (secondary N) is 2. The molecule has 0 saturated carbocycles. The minimum absolute atomic E-state index is 0.362. The van der Waals surface area contributed by atoms with Gasteiger partial charge in [0, 0.05) is 23.1 Å².